The summed E-state index contributed by atoms with van der Waals surface area (Å²) in [5.41, 5.74) is 1.26. The Kier molecular flexibility index (Phi) is 4.00. The summed E-state index contributed by atoms with van der Waals surface area (Å²) in [5.74, 6) is 2.70. The molecule has 0 fully saturated rings. The smallest absolute Gasteiger partial charge is 0.148 e. The van der Waals surface area contributed by atoms with E-state index in [0.717, 1.165) is 30.3 Å². The van der Waals surface area contributed by atoms with E-state index in [2.05, 4.69) is 15.4 Å². The maximum atomic E-state index is 5.51. The molecule has 0 atom stereocenters. The molecule has 5 heteroatoms. The Hall–Kier alpha value is -2.56. The molecule has 0 unspecified atom stereocenters. The molecule has 0 aliphatic rings. The maximum Gasteiger partial charge on any atom is 0.148 e. The van der Waals surface area contributed by atoms with Gasteiger partial charge in [0, 0.05) is 31.2 Å². The lowest BCUT2D eigenvalue weighted by molar-refractivity contribution is 0.490. The lowest BCUT2D eigenvalue weighted by atomic mass is 10.2. The Labute approximate surface area is 123 Å². The highest BCUT2D eigenvalue weighted by molar-refractivity contribution is 5.32. The topological polar surface area (TPSA) is 55.9 Å². The first-order valence-electron chi connectivity index (χ1n) is 7.01. The summed E-state index contributed by atoms with van der Waals surface area (Å²) >= 11 is 0. The number of hydrogen-bond donors (Lipinski definition) is 1. The van der Waals surface area contributed by atoms with Crippen molar-refractivity contribution in [2.24, 2.45) is 0 Å². The van der Waals surface area contributed by atoms with Gasteiger partial charge in [0.2, 0.25) is 0 Å². The largest absolute Gasteiger partial charge is 0.465 e. The number of nitrogens with zero attached hydrogens (tertiary/aromatic N) is 3. The van der Waals surface area contributed by atoms with Crippen LogP contribution in [0.5, 0.6) is 0 Å². The Morgan fingerprint density at radius 2 is 2.00 bits per heavy atom. The van der Waals surface area contributed by atoms with E-state index in [-0.39, 0.29) is 0 Å². The highest BCUT2D eigenvalue weighted by Crippen LogP contribution is 2.10. The van der Waals surface area contributed by atoms with Crippen LogP contribution in [-0.4, -0.2) is 14.8 Å². The average Bonchev–Trinajstić information content (AvgIpc) is 3.13. The number of nitrogens with one attached hydrogen (secondary N) is 1. The molecule has 3 rings (SSSR count). The molecule has 3 aromatic rings. The first-order valence-corrected chi connectivity index (χ1v) is 7.01. The minimum absolute atomic E-state index is 0.648. The van der Waals surface area contributed by atoms with Crippen molar-refractivity contribution in [3.8, 4) is 0 Å². The van der Waals surface area contributed by atoms with Crippen LogP contribution in [0.15, 0.2) is 53.3 Å². The summed E-state index contributed by atoms with van der Waals surface area (Å²) in [6.45, 7) is 3.44. The fourth-order valence-electron chi connectivity index (χ4n) is 2.13. The van der Waals surface area contributed by atoms with Gasteiger partial charge in [-0.1, -0.05) is 0 Å². The van der Waals surface area contributed by atoms with E-state index in [1.54, 1.807) is 0 Å². The lowest BCUT2D eigenvalue weighted by Gasteiger charge is -2.02. The van der Waals surface area contributed by atoms with Crippen molar-refractivity contribution in [3.63, 3.8) is 0 Å². The minimum atomic E-state index is 0.648. The first-order chi connectivity index (χ1) is 10.3. The van der Waals surface area contributed by atoms with Gasteiger partial charge in [-0.25, -0.2) is 0 Å². The van der Waals surface area contributed by atoms with Crippen molar-refractivity contribution in [1.82, 2.24) is 14.8 Å². The van der Waals surface area contributed by atoms with Crippen LogP contribution in [0.4, 0.5) is 5.82 Å². The van der Waals surface area contributed by atoms with E-state index >= 15 is 0 Å². The summed E-state index contributed by atoms with van der Waals surface area (Å²) in [5, 5.41) is 7.75. The van der Waals surface area contributed by atoms with Crippen LogP contribution in [0.2, 0.25) is 0 Å². The van der Waals surface area contributed by atoms with E-state index in [1.807, 2.05) is 60.5 Å². The van der Waals surface area contributed by atoms with Gasteiger partial charge in [0.25, 0.3) is 0 Å². The zero-order chi connectivity index (χ0) is 14.5. The third-order valence-corrected chi connectivity index (χ3v) is 3.26. The molecule has 0 radical (unpaired) electrons. The van der Waals surface area contributed by atoms with E-state index in [1.165, 1.54) is 5.56 Å². The highest BCUT2D eigenvalue weighted by Gasteiger charge is 2.02. The third kappa shape index (κ3) is 3.72. The molecule has 3 heterocycles. The average molecular weight is 282 g/mol. The van der Waals surface area contributed by atoms with Crippen LogP contribution in [0.1, 0.15) is 17.1 Å². The summed E-state index contributed by atoms with van der Waals surface area (Å²) in [6, 6.07) is 9.97. The van der Waals surface area contributed by atoms with Crippen LogP contribution in [-0.2, 0) is 19.5 Å². The molecule has 1 N–H and O–H groups in total. The van der Waals surface area contributed by atoms with Gasteiger partial charge in [-0.05, 0) is 43.2 Å². The summed E-state index contributed by atoms with van der Waals surface area (Å²) < 4.78 is 7.45. The number of hydrogen-bond acceptors (Lipinski definition) is 4. The Morgan fingerprint density at radius 1 is 1.14 bits per heavy atom. The van der Waals surface area contributed by atoms with Gasteiger partial charge in [-0.3, -0.25) is 9.67 Å². The zero-order valence-corrected chi connectivity index (χ0v) is 12.0. The number of anilines is 1. The van der Waals surface area contributed by atoms with Gasteiger partial charge in [0.1, 0.15) is 17.3 Å². The maximum absolute atomic E-state index is 5.51. The molecule has 3 aromatic heterocycles. The number of rotatable bonds is 6. The molecular weight excluding hydrogens is 264 g/mol. The van der Waals surface area contributed by atoms with Crippen molar-refractivity contribution >= 4 is 5.82 Å². The first kappa shape index (κ1) is 13.4. The summed E-state index contributed by atoms with van der Waals surface area (Å²) in [4.78, 5) is 4.02. The molecule has 5 nitrogen and oxygen atoms in total. The third-order valence-electron chi connectivity index (χ3n) is 3.26. The molecule has 108 valence electrons. The van der Waals surface area contributed by atoms with Gasteiger partial charge in [0.05, 0.1) is 6.54 Å². The SMILES string of the molecule is Cc1ccc(CNc2ccn(CCc3ccncc3)n2)o1. The monoisotopic (exact) mass is 282 g/mol. The van der Waals surface area contributed by atoms with Gasteiger partial charge in [0.15, 0.2) is 0 Å². The van der Waals surface area contributed by atoms with Crippen molar-refractivity contribution in [3.05, 3.63) is 66.0 Å². The van der Waals surface area contributed by atoms with Crippen molar-refractivity contribution in [2.45, 2.75) is 26.4 Å². The number of furan rings is 1. The Bertz CT molecular complexity index is 687. The van der Waals surface area contributed by atoms with Crippen LogP contribution in [0.25, 0.3) is 0 Å². The molecule has 0 aromatic carbocycles. The van der Waals surface area contributed by atoms with Crippen LogP contribution < -0.4 is 5.32 Å². The molecule has 0 spiro atoms. The highest BCUT2D eigenvalue weighted by atomic mass is 16.3. The standard InChI is InChI=1S/C16H18N4O/c1-13-2-3-15(21-13)12-18-16-7-11-20(19-16)10-6-14-4-8-17-9-5-14/h2-5,7-9,11H,6,10,12H2,1H3,(H,18,19). The Morgan fingerprint density at radius 3 is 2.76 bits per heavy atom. The molecular formula is C16H18N4O. The van der Waals surface area contributed by atoms with Crippen LogP contribution in [0, 0.1) is 6.92 Å². The van der Waals surface area contributed by atoms with Gasteiger partial charge < -0.3 is 9.73 Å². The number of aromatic nitrogens is 3. The quantitative estimate of drug-likeness (QED) is 0.755. The lowest BCUT2D eigenvalue weighted by Crippen LogP contribution is -2.04. The normalized spacial score (nSPS) is 10.7. The van der Waals surface area contributed by atoms with Gasteiger partial charge in [-0.2, -0.15) is 5.10 Å². The summed E-state index contributed by atoms with van der Waals surface area (Å²) in [6.07, 6.45) is 6.56. The van der Waals surface area contributed by atoms with Crippen LogP contribution in [0.3, 0.4) is 0 Å². The second-order valence-electron chi connectivity index (χ2n) is 4.94. The fourth-order valence-corrected chi connectivity index (χ4v) is 2.13. The van der Waals surface area contributed by atoms with E-state index in [0.29, 0.717) is 6.54 Å². The van der Waals surface area contributed by atoms with Gasteiger partial charge in [-0.15, -0.1) is 0 Å². The fraction of sp³-hybridized carbons (Fsp3) is 0.250. The zero-order valence-electron chi connectivity index (χ0n) is 12.0. The number of pyridine rings is 1. The van der Waals surface area contributed by atoms with Gasteiger partial charge >= 0.3 is 0 Å². The number of aryl methyl sites for hydroxylation is 3. The molecule has 0 aliphatic heterocycles. The molecule has 0 bridgehead atoms. The Balaban J connectivity index is 1.51. The second-order valence-corrected chi connectivity index (χ2v) is 4.94. The second kappa shape index (κ2) is 6.26. The van der Waals surface area contributed by atoms with E-state index in [9.17, 15) is 0 Å². The van der Waals surface area contributed by atoms with E-state index < -0.39 is 0 Å². The van der Waals surface area contributed by atoms with Crippen LogP contribution >= 0.6 is 0 Å². The molecule has 0 saturated heterocycles. The molecule has 0 amide bonds. The predicted molar refractivity (Wildman–Crippen MR) is 80.9 cm³/mol. The molecule has 21 heavy (non-hydrogen) atoms. The van der Waals surface area contributed by atoms with E-state index in [4.69, 9.17) is 4.42 Å². The predicted octanol–water partition coefficient (Wildman–Crippen LogP) is 3.03. The van der Waals surface area contributed by atoms with Crippen molar-refractivity contribution < 1.29 is 4.42 Å². The van der Waals surface area contributed by atoms with Crippen molar-refractivity contribution in [1.29, 1.82) is 0 Å². The molecule has 0 aliphatic carbocycles. The summed E-state index contributed by atoms with van der Waals surface area (Å²) in [7, 11) is 0. The van der Waals surface area contributed by atoms with Crippen molar-refractivity contribution in [2.75, 3.05) is 5.32 Å². The minimum Gasteiger partial charge on any atom is -0.465 e. The molecule has 0 saturated carbocycles.